The number of hydrogen-bond donors (Lipinski definition) is 1. The second-order valence-corrected chi connectivity index (χ2v) is 10.9. The predicted molar refractivity (Wildman–Crippen MR) is 112 cm³/mol. The molecule has 0 radical (unpaired) electrons. The van der Waals surface area contributed by atoms with Crippen molar-refractivity contribution < 1.29 is 27.6 Å². The molecular weight excluding hydrogens is 413 g/mol. The molecule has 160 valence electrons. The summed E-state index contributed by atoms with van der Waals surface area (Å²) in [5, 5.41) is 10.9. The Morgan fingerprint density at radius 2 is 1.53 bits per heavy atom. The average Bonchev–Trinajstić information content (AvgIpc) is 2.70. The van der Waals surface area contributed by atoms with Gasteiger partial charge in [0.25, 0.3) is 0 Å². The molecule has 2 aromatic carbocycles. The third-order valence-electron chi connectivity index (χ3n) is 5.58. The maximum Gasteiger partial charge on any atom is 0.221 e. The summed E-state index contributed by atoms with van der Waals surface area (Å²) in [5.41, 5.74) is 1.84. The highest BCUT2D eigenvalue weighted by Gasteiger charge is 2.57. The van der Waals surface area contributed by atoms with Crippen molar-refractivity contribution in [1.29, 1.82) is 0 Å². The van der Waals surface area contributed by atoms with Crippen molar-refractivity contribution in [3.8, 4) is 11.1 Å². The van der Waals surface area contributed by atoms with Gasteiger partial charge in [-0.25, -0.2) is 13.2 Å². The molecule has 30 heavy (non-hydrogen) atoms. The van der Waals surface area contributed by atoms with Gasteiger partial charge in [-0.05, 0) is 79.7 Å². The van der Waals surface area contributed by atoms with Crippen LogP contribution in [-0.4, -0.2) is 24.9 Å². The van der Waals surface area contributed by atoms with Crippen LogP contribution in [0.1, 0.15) is 45.7 Å². The molecule has 1 heterocycles. The summed E-state index contributed by atoms with van der Waals surface area (Å²) in [6.07, 6.45) is 0.462. The van der Waals surface area contributed by atoms with Gasteiger partial charge in [0, 0.05) is 0 Å². The van der Waals surface area contributed by atoms with Crippen LogP contribution in [0.25, 0.3) is 16.7 Å². The first kappa shape index (κ1) is 22.4. The van der Waals surface area contributed by atoms with E-state index in [2.05, 4.69) is 0 Å². The molecule has 0 saturated carbocycles. The Morgan fingerprint density at radius 1 is 0.967 bits per heavy atom. The largest absolute Gasteiger partial charge is 0.615 e. The van der Waals surface area contributed by atoms with Gasteiger partial charge in [-0.2, -0.15) is 0 Å². The third-order valence-corrected chi connectivity index (χ3v) is 7.81. The van der Waals surface area contributed by atoms with Crippen LogP contribution < -0.4 is 0 Å². The minimum absolute atomic E-state index is 0.101. The molecule has 0 amide bonds. The first-order valence-electron chi connectivity index (χ1n) is 9.52. The second kappa shape index (κ2) is 7.46. The number of Topliss-reactive ketones (excluding diaryl/α,β-unsaturated/α-hetero) is 1. The molecule has 2 aromatic rings. The lowest BCUT2D eigenvalue weighted by Gasteiger charge is -2.42. The van der Waals surface area contributed by atoms with E-state index >= 15 is 0 Å². The Hall–Kier alpha value is -2.25. The fourth-order valence-electron chi connectivity index (χ4n) is 3.80. The summed E-state index contributed by atoms with van der Waals surface area (Å²) in [5.74, 6) is -4.79. The van der Waals surface area contributed by atoms with Gasteiger partial charge in [-0.1, -0.05) is 25.1 Å². The van der Waals surface area contributed by atoms with Crippen LogP contribution in [0.2, 0.25) is 0 Å². The maximum absolute atomic E-state index is 13.7. The summed E-state index contributed by atoms with van der Waals surface area (Å²) in [4.78, 5) is 13.2. The van der Waals surface area contributed by atoms with Crippen molar-refractivity contribution in [1.82, 2.24) is 0 Å². The number of benzene rings is 2. The van der Waals surface area contributed by atoms with Crippen LogP contribution >= 0.6 is 0 Å². The summed E-state index contributed by atoms with van der Waals surface area (Å²) in [7, 11) is 0. The van der Waals surface area contributed by atoms with Gasteiger partial charge in [-0.15, -0.1) is 0 Å². The van der Waals surface area contributed by atoms with Gasteiger partial charge < -0.3 is 9.66 Å². The molecule has 0 aromatic heterocycles. The van der Waals surface area contributed by atoms with Gasteiger partial charge in [0.2, 0.25) is 5.78 Å². The van der Waals surface area contributed by atoms with Crippen LogP contribution in [0.15, 0.2) is 36.1 Å². The number of aliphatic hydroxyl groups excluding tert-OH is 1. The minimum Gasteiger partial charge on any atom is -0.615 e. The van der Waals surface area contributed by atoms with E-state index in [9.17, 15) is 27.6 Å². The molecule has 0 fully saturated rings. The molecular formula is C23H23F3O3S. The highest BCUT2D eigenvalue weighted by Crippen LogP contribution is 2.45. The summed E-state index contributed by atoms with van der Waals surface area (Å²) in [6, 6.07) is 6.62. The van der Waals surface area contributed by atoms with E-state index in [1.807, 2.05) is 6.92 Å². The van der Waals surface area contributed by atoms with Crippen molar-refractivity contribution in [3.63, 3.8) is 0 Å². The lowest BCUT2D eigenvalue weighted by atomic mass is 9.85. The Morgan fingerprint density at radius 3 is 2.07 bits per heavy atom. The van der Waals surface area contributed by atoms with Gasteiger partial charge in [0.1, 0.15) is 0 Å². The molecule has 7 heteroatoms. The van der Waals surface area contributed by atoms with E-state index in [4.69, 9.17) is 0 Å². The molecule has 3 rings (SSSR count). The van der Waals surface area contributed by atoms with Crippen molar-refractivity contribution in [2.45, 2.75) is 50.5 Å². The second-order valence-electron chi connectivity index (χ2n) is 8.32. The zero-order valence-corrected chi connectivity index (χ0v) is 18.2. The monoisotopic (exact) mass is 436 g/mol. The zero-order chi connectivity index (χ0) is 22.6. The SMILES string of the molecule is CCc1cc(-c2cc(F)c(F)c(F)c2)ccc1C1=C(O)C(C)(C)[S+]([O-])C(C)(C)C1=O. The Bertz CT molecular complexity index is 1050. The molecule has 0 spiro atoms. The Labute approximate surface area is 176 Å². The molecule has 1 atom stereocenters. The topological polar surface area (TPSA) is 60.4 Å². The van der Waals surface area contributed by atoms with Crippen molar-refractivity contribution in [3.05, 3.63) is 64.7 Å². The average molecular weight is 436 g/mol. The van der Waals surface area contributed by atoms with E-state index in [-0.39, 0.29) is 16.9 Å². The normalized spacial score (nSPS) is 20.6. The van der Waals surface area contributed by atoms with Gasteiger partial charge >= 0.3 is 0 Å². The quantitative estimate of drug-likeness (QED) is 0.511. The number of aliphatic hydroxyl groups is 1. The number of ketones is 1. The smallest absolute Gasteiger partial charge is 0.221 e. The molecule has 1 aliphatic heterocycles. The summed E-state index contributed by atoms with van der Waals surface area (Å²) in [6.45, 7) is 8.26. The molecule has 1 unspecified atom stereocenters. The molecule has 3 nitrogen and oxygen atoms in total. The van der Waals surface area contributed by atoms with E-state index in [1.54, 1.807) is 45.9 Å². The fraction of sp³-hybridized carbons (Fsp3) is 0.348. The highest BCUT2D eigenvalue weighted by molar-refractivity contribution is 7.95. The number of allylic oxidation sites excluding steroid dienone is 1. The van der Waals surface area contributed by atoms with Crippen molar-refractivity contribution in [2.75, 3.05) is 0 Å². The van der Waals surface area contributed by atoms with Gasteiger partial charge in [0.15, 0.2) is 32.7 Å². The lowest BCUT2D eigenvalue weighted by Crippen LogP contribution is -2.55. The number of carbonyl (C=O) groups is 1. The van der Waals surface area contributed by atoms with Crippen LogP contribution in [0.3, 0.4) is 0 Å². The zero-order valence-electron chi connectivity index (χ0n) is 17.4. The fourth-order valence-corrected chi connectivity index (χ4v) is 5.63. The Kier molecular flexibility index (Phi) is 5.58. The molecule has 0 saturated heterocycles. The number of halogens is 3. The van der Waals surface area contributed by atoms with Crippen LogP contribution in [-0.2, 0) is 22.4 Å². The van der Waals surface area contributed by atoms with Crippen molar-refractivity contribution >= 4 is 22.5 Å². The molecule has 0 bridgehead atoms. The highest BCUT2D eigenvalue weighted by atomic mass is 32.2. The maximum atomic E-state index is 13.7. The molecule has 1 aliphatic rings. The van der Waals surface area contributed by atoms with E-state index in [0.717, 1.165) is 12.1 Å². The van der Waals surface area contributed by atoms with Gasteiger partial charge in [-0.3, -0.25) is 4.79 Å². The number of rotatable bonds is 3. The summed E-state index contributed by atoms with van der Waals surface area (Å²) >= 11 is -1.64. The van der Waals surface area contributed by atoms with E-state index in [1.165, 1.54) is 0 Å². The van der Waals surface area contributed by atoms with Crippen LogP contribution in [0.5, 0.6) is 0 Å². The first-order chi connectivity index (χ1) is 13.8. The van der Waals surface area contributed by atoms with Crippen molar-refractivity contribution in [2.24, 2.45) is 0 Å². The van der Waals surface area contributed by atoms with Crippen LogP contribution in [0.4, 0.5) is 13.2 Å². The molecule has 1 N–H and O–H groups in total. The van der Waals surface area contributed by atoms with Crippen LogP contribution in [0, 0.1) is 17.5 Å². The molecule has 0 aliphatic carbocycles. The number of aryl methyl sites for hydroxylation is 1. The summed E-state index contributed by atoms with van der Waals surface area (Å²) < 4.78 is 51.1. The standard InChI is InChI=1S/C23H23F3O3S/c1-6-12-9-13(14-10-16(24)19(26)17(25)11-14)7-8-15(12)18-20(27)22(2,3)30(29)23(4,5)21(18)28/h7-11,27H,6H2,1-5H3. The number of carbonyl (C=O) groups excluding carboxylic acids is 1. The minimum atomic E-state index is -1.64. The van der Waals surface area contributed by atoms with E-state index in [0.29, 0.717) is 23.1 Å². The lowest BCUT2D eigenvalue weighted by molar-refractivity contribution is -0.115. The third kappa shape index (κ3) is 3.34. The number of hydrogen-bond acceptors (Lipinski definition) is 3. The van der Waals surface area contributed by atoms with Gasteiger partial charge in [0.05, 0.1) is 5.57 Å². The Balaban J connectivity index is 2.21. The first-order valence-corrected chi connectivity index (χ1v) is 10.7. The van der Waals surface area contributed by atoms with E-state index < -0.39 is 43.9 Å². The predicted octanol–water partition coefficient (Wildman–Crippen LogP) is 5.49.